The quantitative estimate of drug-likeness (QED) is 0.908. The number of piperidine rings is 1. The minimum absolute atomic E-state index is 0.193. The standard InChI is InChI=1S/C11H15F2N3OS/c1-18-9-8(7-17)11(12,13)3-6-16(9)10-14-4-2-5-15-10/h2,4-5,8-9,17H,3,6-7H2,1H3. The molecule has 0 radical (unpaired) electrons. The van der Waals surface area contributed by atoms with E-state index in [0.717, 1.165) is 0 Å². The molecule has 1 aliphatic rings. The lowest BCUT2D eigenvalue weighted by Gasteiger charge is -2.43. The number of hydrogen-bond acceptors (Lipinski definition) is 5. The number of nitrogens with zero attached hydrogens (tertiary/aromatic N) is 3. The van der Waals surface area contributed by atoms with Crippen LogP contribution in [0.4, 0.5) is 14.7 Å². The first-order valence-corrected chi connectivity index (χ1v) is 6.94. The highest BCUT2D eigenvalue weighted by atomic mass is 32.2. The van der Waals surface area contributed by atoms with E-state index in [4.69, 9.17) is 0 Å². The molecule has 100 valence electrons. The lowest BCUT2D eigenvalue weighted by Crippen LogP contribution is -2.54. The highest BCUT2D eigenvalue weighted by Gasteiger charge is 2.50. The minimum Gasteiger partial charge on any atom is -0.396 e. The molecule has 1 aromatic rings. The average Bonchev–Trinajstić information content (AvgIpc) is 2.38. The van der Waals surface area contributed by atoms with Gasteiger partial charge in [0.05, 0.1) is 17.9 Å². The van der Waals surface area contributed by atoms with Crippen LogP contribution in [-0.4, -0.2) is 45.8 Å². The lowest BCUT2D eigenvalue weighted by molar-refractivity contribution is -0.0927. The fourth-order valence-corrected chi connectivity index (χ4v) is 3.24. The second-order valence-corrected chi connectivity index (χ2v) is 5.12. The number of aliphatic hydroxyl groups is 1. The highest BCUT2D eigenvalue weighted by molar-refractivity contribution is 7.99. The Labute approximate surface area is 108 Å². The van der Waals surface area contributed by atoms with Gasteiger partial charge in [-0.15, -0.1) is 11.8 Å². The Morgan fingerprint density at radius 3 is 2.72 bits per heavy atom. The summed E-state index contributed by atoms with van der Waals surface area (Å²) in [6.45, 7) is -0.346. The van der Waals surface area contributed by atoms with Gasteiger partial charge in [-0.25, -0.2) is 18.7 Å². The van der Waals surface area contributed by atoms with Gasteiger partial charge in [0.1, 0.15) is 0 Å². The Balaban J connectivity index is 2.28. The van der Waals surface area contributed by atoms with Gasteiger partial charge < -0.3 is 10.0 Å². The monoisotopic (exact) mass is 275 g/mol. The largest absolute Gasteiger partial charge is 0.396 e. The number of aromatic nitrogens is 2. The highest BCUT2D eigenvalue weighted by Crippen LogP contribution is 2.41. The zero-order chi connectivity index (χ0) is 13.2. The predicted octanol–water partition coefficient (Wildman–Crippen LogP) is 1.62. The molecular weight excluding hydrogens is 260 g/mol. The SMILES string of the molecule is CSC1C(CO)C(F)(F)CCN1c1ncccn1. The molecule has 1 aromatic heterocycles. The smallest absolute Gasteiger partial charge is 0.257 e. The van der Waals surface area contributed by atoms with Crippen molar-refractivity contribution >= 4 is 17.7 Å². The van der Waals surface area contributed by atoms with E-state index in [1.54, 1.807) is 29.6 Å². The van der Waals surface area contributed by atoms with Crippen LogP contribution in [0.2, 0.25) is 0 Å². The maximum Gasteiger partial charge on any atom is 0.257 e. The number of hydrogen-bond donors (Lipinski definition) is 1. The fraction of sp³-hybridized carbons (Fsp3) is 0.636. The van der Waals surface area contributed by atoms with Gasteiger partial charge in [0, 0.05) is 25.4 Å². The molecule has 0 spiro atoms. The summed E-state index contributed by atoms with van der Waals surface area (Å²) in [5.74, 6) is -3.50. The third kappa shape index (κ3) is 2.42. The van der Waals surface area contributed by atoms with Crippen LogP contribution in [0.15, 0.2) is 18.5 Å². The van der Waals surface area contributed by atoms with Crippen LogP contribution in [-0.2, 0) is 0 Å². The van der Waals surface area contributed by atoms with Crippen molar-refractivity contribution in [1.29, 1.82) is 0 Å². The van der Waals surface area contributed by atoms with Crippen LogP contribution in [0.3, 0.4) is 0 Å². The molecule has 0 aliphatic carbocycles. The molecule has 0 amide bonds. The topological polar surface area (TPSA) is 49.2 Å². The van der Waals surface area contributed by atoms with Crippen molar-refractivity contribution in [2.75, 3.05) is 24.3 Å². The number of alkyl halides is 2. The normalized spacial score (nSPS) is 27.2. The molecule has 7 heteroatoms. The summed E-state index contributed by atoms with van der Waals surface area (Å²) in [4.78, 5) is 9.92. The van der Waals surface area contributed by atoms with Crippen LogP contribution < -0.4 is 4.90 Å². The molecule has 2 rings (SSSR count). The molecule has 1 fully saturated rings. The van der Waals surface area contributed by atoms with Crippen molar-refractivity contribution < 1.29 is 13.9 Å². The summed E-state index contributed by atoms with van der Waals surface area (Å²) in [6, 6.07) is 1.68. The lowest BCUT2D eigenvalue weighted by atomic mass is 9.94. The van der Waals surface area contributed by atoms with E-state index in [1.165, 1.54) is 11.8 Å². The predicted molar refractivity (Wildman–Crippen MR) is 66.8 cm³/mol. The summed E-state index contributed by atoms with van der Waals surface area (Å²) in [5, 5.41) is 8.72. The van der Waals surface area contributed by atoms with Crippen molar-refractivity contribution in [2.24, 2.45) is 5.92 Å². The Bertz CT molecular complexity index is 393. The van der Waals surface area contributed by atoms with Crippen LogP contribution >= 0.6 is 11.8 Å². The second-order valence-electron chi connectivity index (χ2n) is 4.17. The van der Waals surface area contributed by atoms with E-state index in [2.05, 4.69) is 9.97 Å². The number of aliphatic hydroxyl groups excluding tert-OH is 1. The summed E-state index contributed by atoms with van der Waals surface area (Å²) in [7, 11) is 0. The van der Waals surface area contributed by atoms with E-state index in [-0.39, 0.29) is 13.0 Å². The van der Waals surface area contributed by atoms with Crippen molar-refractivity contribution in [3.8, 4) is 0 Å². The molecule has 2 unspecified atom stereocenters. The number of rotatable bonds is 3. The molecule has 2 atom stereocenters. The number of halogens is 2. The van der Waals surface area contributed by atoms with E-state index >= 15 is 0 Å². The average molecular weight is 275 g/mol. The van der Waals surface area contributed by atoms with Gasteiger partial charge in [-0.2, -0.15) is 0 Å². The van der Waals surface area contributed by atoms with E-state index < -0.39 is 23.8 Å². The van der Waals surface area contributed by atoms with Gasteiger partial charge in [0.25, 0.3) is 5.92 Å². The van der Waals surface area contributed by atoms with Gasteiger partial charge >= 0.3 is 0 Å². The first-order valence-electron chi connectivity index (χ1n) is 5.65. The van der Waals surface area contributed by atoms with Gasteiger partial charge in [0.2, 0.25) is 5.95 Å². The van der Waals surface area contributed by atoms with E-state index in [1.807, 2.05) is 0 Å². The first kappa shape index (κ1) is 13.5. The maximum absolute atomic E-state index is 13.8. The van der Waals surface area contributed by atoms with Gasteiger partial charge in [0.15, 0.2) is 0 Å². The molecule has 1 N–H and O–H groups in total. The fourth-order valence-electron chi connectivity index (χ4n) is 2.18. The Morgan fingerprint density at radius 1 is 1.50 bits per heavy atom. The molecule has 1 saturated heterocycles. The summed E-state index contributed by atoms with van der Waals surface area (Å²) >= 11 is 1.29. The third-order valence-corrected chi connectivity index (χ3v) is 4.19. The van der Waals surface area contributed by atoms with Gasteiger partial charge in [-0.3, -0.25) is 0 Å². The van der Waals surface area contributed by atoms with Gasteiger partial charge in [-0.1, -0.05) is 0 Å². The molecule has 0 saturated carbocycles. The zero-order valence-corrected chi connectivity index (χ0v) is 10.8. The van der Waals surface area contributed by atoms with Crippen LogP contribution in [0.1, 0.15) is 6.42 Å². The minimum atomic E-state index is -2.84. The van der Waals surface area contributed by atoms with E-state index in [0.29, 0.717) is 5.95 Å². The van der Waals surface area contributed by atoms with Crippen molar-refractivity contribution in [2.45, 2.75) is 17.7 Å². The molecule has 0 aromatic carbocycles. The van der Waals surface area contributed by atoms with Crippen LogP contribution in [0.5, 0.6) is 0 Å². The summed E-state index contributed by atoms with van der Waals surface area (Å²) in [5.41, 5.74) is 0. The summed E-state index contributed by atoms with van der Waals surface area (Å²) in [6.07, 6.45) is 4.64. The van der Waals surface area contributed by atoms with E-state index in [9.17, 15) is 13.9 Å². The summed E-state index contributed by atoms with van der Waals surface area (Å²) < 4.78 is 27.5. The van der Waals surface area contributed by atoms with Crippen LogP contribution in [0.25, 0.3) is 0 Å². The Kier molecular flexibility index (Phi) is 4.01. The molecule has 0 bridgehead atoms. The first-order chi connectivity index (χ1) is 8.60. The third-order valence-electron chi connectivity index (χ3n) is 3.13. The van der Waals surface area contributed by atoms with Crippen molar-refractivity contribution in [1.82, 2.24) is 9.97 Å². The molecule has 1 aliphatic heterocycles. The second kappa shape index (κ2) is 5.36. The number of thioether (sulfide) groups is 1. The molecule has 2 heterocycles. The van der Waals surface area contributed by atoms with Crippen LogP contribution in [0, 0.1) is 5.92 Å². The van der Waals surface area contributed by atoms with Gasteiger partial charge in [-0.05, 0) is 12.3 Å². The molecular formula is C11H15F2N3OS. The van der Waals surface area contributed by atoms with Crippen molar-refractivity contribution in [3.05, 3.63) is 18.5 Å². The molecule has 18 heavy (non-hydrogen) atoms. The Morgan fingerprint density at radius 2 is 2.17 bits per heavy atom. The molecule has 4 nitrogen and oxygen atoms in total. The maximum atomic E-state index is 13.8. The zero-order valence-electron chi connectivity index (χ0n) is 9.96. The van der Waals surface area contributed by atoms with Crippen molar-refractivity contribution in [3.63, 3.8) is 0 Å². The Hall–Kier alpha value is -0.950. The number of anilines is 1.